The molecule has 0 fully saturated rings. The fraction of sp³-hybridized carbons (Fsp3) is 0.240. The van der Waals surface area contributed by atoms with Crippen LogP contribution < -0.4 is 10.2 Å². The molecule has 188 valence electrons. The van der Waals surface area contributed by atoms with Crippen LogP contribution in [0.1, 0.15) is 23.6 Å². The fourth-order valence-corrected chi connectivity index (χ4v) is 4.84. The number of carbonyl (C=O) groups is 1. The Balaban J connectivity index is 1.98. The molecule has 3 rings (SSSR count). The lowest BCUT2D eigenvalue weighted by atomic mass is 9.97. The number of esters is 1. The van der Waals surface area contributed by atoms with E-state index in [1.54, 1.807) is 31.2 Å². The maximum Gasteiger partial charge on any atom is 0.416 e. The van der Waals surface area contributed by atoms with Crippen molar-refractivity contribution in [3.8, 4) is 11.5 Å². The molecule has 11 heteroatoms. The molecule has 0 saturated heterocycles. The van der Waals surface area contributed by atoms with E-state index in [1.165, 1.54) is 31.4 Å². The third-order valence-corrected chi connectivity index (χ3v) is 7.24. The molecule has 0 aliphatic heterocycles. The summed E-state index contributed by atoms with van der Waals surface area (Å²) in [4.78, 5) is 11.5. The van der Waals surface area contributed by atoms with E-state index >= 15 is 0 Å². The predicted octanol–water partition coefficient (Wildman–Crippen LogP) is 4.22. The average Bonchev–Trinajstić information content (AvgIpc) is 2.83. The van der Waals surface area contributed by atoms with Crippen LogP contribution in [0.5, 0.6) is 11.5 Å². The lowest BCUT2D eigenvalue weighted by molar-refractivity contribution is -0.140. The van der Waals surface area contributed by atoms with Crippen molar-refractivity contribution < 1.29 is 35.9 Å². The topological polar surface area (TPSA) is 72.9 Å². The van der Waals surface area contributed by atoms with E-state index in [0.29, 0.717) is 11.0 Å². The zero-order chi connectivity index (χ0) is 26.5. The summed E-state index contributed by atoms with van der Waals surface area (Å²) >= 11 is 0. The highest BCUT2D eigenvalue weighted by molar-refractivity contribution is 7.89. The second kappa shape index (κ2) is 11.2. The minimum Gasteiger partial charge on any atom is -0.469 e. The molecule has 0 spiro atoms. The molecular weight excluding hydrogens is 494 g/mol. The summed E-state index contributed by atoms with van der Waals surface area (Å²) in [5.41, 5.74) is 0.0308. The third kappa shape index (κ3) is 6.67. The highest BCUT2D eigenvalue weighted by atomic mass is 32.2. The van der Waals surface area contributed by atoms with Crippen molar-refractivity contribution in [1.29, 1.82) is 0 Å². The first-order valence-corrected chi connectivity index (χ1v) is 12.3. The van der Waals surface area contributed by atoms with E-state index in [0.717, 1.165) is 22.5 Å². The summed E-state index contributed by atoms with van der Waals surface area (Å²) in [6.07, 6.45) is -4.66. The third-order valence-electron chi connectivity index (χ3n) is 5.31. The van der Waals surface area contributed by atoms with Gasteiger partial charge in [-0.15, -0.1) is 0 Å². The fourth-order valence-electron chi connectivity index (χ4n) is 3.41. The number of alkyl halides is 3. The minimum atomic E-state index is -4.64. The van der Waals surface area contributed by atoms with Crippen molar-refractivity contribution >= 4 is 29.3 Å². The second-order valence-corrected chi connectivity index (χ2v) is 9.76. The number of hydrogen-bond acceptors (Lipinski definition) is 5. The summed E-state index contributed by atoms with van der Waals surface area (Å²) in [5.74, 6) is -0.153. The Hall–Kier alpha value is -3.31. The highest BCUT2D eigenvalue weighted by Gasteiger charge is 2.32. The van der Waals surface area contributed by atoms with Crippen LogP contribution in [0, 0.1) is 0 Å². The highest BCUT2D eigenvalue weighted by Crippen LogP contribution is 2.35. The van der Waals surface area contributed by atoms with Crippen LogP contribution in [-0.2, 0) is 38.7 Å². The number of methoxy groups -OCH3 is 1. The summed E-state index contributed by atoms with van der Waals surface area (Å²) < 4.78 is 78.3. The van der Waals surface area contributed by atoms with E-state index in [2.05, 4.69) is 4.74 Å². The van der Waals surface area contributed by atoms with Gasteiger partial charge < -0.3 is 9.47 Å². The van der Waals surface area contributed by atoms with Gasteiger partial charge in [-0.05, 0) is 48.0 Å². The second-order valence-electron chi connectivity index (χ2n) is 7.82. The molecule has 0 aliphatic carbocycles. The van der Waals surface area contributed by atoms with Gasteiger partial charge in [0.05, 0.1) is 24.0 Å². The van der Waals surface area contributed by atoms with Crippen LogP contribution in [0.2, 0.25) is 0 Å². The van der Waals surface area contributed by atoms with E-state index in [4.69, 9.17) is 12.6 Å². The van der Waals surface area contributed by atoms with E-state index in [-0.39, 0.29) is 41.5 Å². The zero-order valence-electron chi connectivity index (χ0n) is 19.6. The smallest absolute Gasteiger partial charge is 0.416 e. The first-order chi connectivity index (χ1) is 16.9. The molecule has 36 heavy (non-hydrogen) atoms. The van der Waals surface area contributed by atoms with Gasteiger partial charge in [0.15, 0.2) is 0 Å². The SMILES string of the molecule is [B]c1ccc(S(=O)(=O)N(CC)Cc2cc(C(F)(F)F)ccc2Oc2cccc(CC(=O)OC)c2)cc1. The summed E-state index contributed by atoms with van der Waals surface area (Å²) in [5, 5.41) is 0. The summed E-state index contributed by atoms with van der Waals surface area (Å²) in [7, 11) is 2.86. The van der Waals surface area contributed by atoms with Crippen molar-refractivity contribution in [2.45, 2.75) is 31.0 Å². The normalized spacial score (nSPS) is 11.9. The molecule has 2 radical (unpaired) electrons. The number of halogens is 3. The van der Waals surface area contributed by atoms with E-state index < -0.39 is 27.7 Å². The Kier molecular flexibility index (Phi) is 8.47. The van der Waals surface area contributed by atoms with Gasteiger partial charge in [-0.1, -0.05) is 36.7 Å². The van der Waals surface area contributed by atoms with Gasteiger partial charge in [-0.25, -0.2) is 8.42 Å². The molecule has 0 bridgehead atoms. The lowest BCUT2D eigenvalue weighted by Gasteiger charge is -2.23. The molecule has 0 aliphatic rings. The number of benzene rings is 3. The Bertz CT molecular complexity index is 1330. The van der Waals surface area contributed by atoms with Crippen molar-refractivity contribution in [3.63, 3.8) is 0 Å². The molecule has 6 nitrogen and oxygen atoms in total. The van der Waals surface area contributed by atoms with Gasteiger partial charge in [0.2, 0.25) is 10.0 Å². The molecule has 0 N–H and O–H groups in total. The quantitative estimate of drug-likeness (QED) is 0.314. The van der Waals surface area contributed by atoms with Gasteiger partial charge in [0, 0.05) is 18.7 Å². The minimum absolute atomic E-state index is 0.00297. The monoisotopic (exact) mass is 517 g/mol. The maximum atomic E-state index is 13.5. The number of carbonyl (C=O) groups excluding carboxylic acids is 1. The van der Waals surface area contributed by atoms with Gasteiger partial charge in [-0.2, -0.15) is 17.5 Å². The number of ether oxygens (including phenoxy) is 2. The number of nitrogens with zero attached hydrogens (tertiary/aromatic N) is 1. The lowest BCUT2D eigenvalue weighted by Crippen LogP contribution is -2.31. The van der Waals surface area contributed by atoms with Crippen molar-refractivity contribution in [2.24, 2.45) is 0 Å². The van der Waals surface area contributed by atoms with Crippen molar-refractivity contribution in [2.75, 3.05) is 13.7 Å². The molecule has 0 amide bonds. The molecule has 3 aromatic rings. The van der Waals surface area contributed by atoms with Crippen molar-refractivity contribution in [3.05, 3.63) is 83.4 Å². The molecule has 0 saturated carbocycles. The first-order valence-electron chi connectivity index (χ1n) is 10.8. The number of hydrogen-bond donors (Lipinski definition) is 0. The standard InChI is InChI=1S/C25H23BF3NO5S/c1-3-30(36(32,33)22-10-8-20(26)9-11-22)16-18-15-19(25(27,28)29)7-12-23(18)35-21-6-4-5-17(13-21)14-24(31)34-2/h4-13,15H,3,14,16H2,1-2H3. The molecule has 3 aromatic carbocycles. The Morgan fingerprint density at radius 3 is 2.33 bits per heavy atom. The van der Waals surface area contributed by atoms with Gasteiger partial charge in [-0.3, -0.25) is 4.79 Å². The largest absolute Gasteiger partial charge is 0.469 e. The Morgan fingerprint density at radius 1 is 1.03 bits per heavy atom. The average molecular weight is 517 g/mol. The summed E-state index contributed by atoms with van der Waals surface area (Å²) in [6.45, 7) is 1.21. The van der Waals surface area contributed by atoms with Crippen LogP contribution in [0.3, 0.4) is 0 Å². The Morgan fingerprint density at radius 2 is 1.72 bits per heavy atom. The predicted molar refractivity (Wildman–Crippen MR) is 129 cm³/mol. The van der Waals surface area contributed by atoms with Gasteiger partial charge in [0.25, 0.3) is 0 Å². The van der Waals surface area contributed by atoms with Crippen LogP contribution in [-0.4, -0.2) is 40.2 Å². The molecular formula is C25H23BF3NO5S. The van der Waals surface area contributed by atoms with Crippen LogP contribution in [0.4, 0.5) is 13.2 Å². The first kappa shape index (κ1) is 27.3. The van der Waals surface area contributed by atoms with Gasteiger partial charge >= 0.3 is 12.1 Å². The zero-order valence-corrected chi connectivity index (χ0v) is 20.4. The number of rotatable bonds is 9. The van der Waals surface area contributed by atoms with E-state index in [9.17, 15) is 26.4 Å². The van der Waals surface area contributed by atoms with E-state index in [1.807, 2.05) is 0 Å². The van der Waals surface area contributed by atoms with Crippen LogP contribution >= 0.6 is 0 Å². The maximum absolute atomic E-state index is 13.5. The van der Waals surface area contributed by atoms with Crippen LogP contribution in [0.25, 0.3) is 0 Å². The molecule has 0 unspecified atom stereocenters. The van der Waals surface area contributed by atoms with Crippen molar-refractivity contribution in [1.82, 2.24) is 4.31 Å². The van der Waals surface area contributed by atoms with Gasteiger partial charge in [0.1, 0.15) is 19.3 Å². The number of sulfonamides is 1. The van der Waals surface area contributed by atoms with Crippen LogP contribution in [0.15, 0.2) is 71.6 Å². The Labute approximate surface area is 209 Å². The molecule has 0 atom stereocenters. The molecule has 0 heterocycles. The summed E-state index contributed by atoms with van der Waals surface area (Å²) in [6, 6.07) is 14.9. The molecule has 0 aromatic heterocycles.